The molecule has 0 fully saturated rings. The molecule has 0 unspecified atom stereocenters. The second-order valence-corrected chi connectivity index (χ2v) is 8.62. The van der Waals surface area contributed by atoms with Gasteiger partial charge in [0.15, 0.2) is 16.4 Å². The van der Waals surface area contributed by atoms with Crippen LogP contribution in [0.1, 0.15) is 34.5 Å². The van der Waals surface area contributed by atoms with E-state index in [2.05, 4.69) is 5.32 Å². The molecule has 0 saturated carbocycles. The molecule has 2 rings (SSSR count). The van der Waals surface area contributed by atoms with Crippen LogP contribution in [0.15, 0.2) is 47.4 Å². The van der Waals surface area contributed by atoms with Gasteiger partial charge >= 0.3 is 5.97 Å². The number of esters is 1. The lowest BCUT2D eigenvalue weighted by Gasteiger charge is -2.15. The number of carbonyl (C=O) groups excluding carboxylic acids is 2. The molecule has 0 aromatic heterocycles. The summed E-state index contributed by atoms with van der Waals surface area (Å²) in [6.45, 7) is 2.98. The zero-order chi connectivity index (χ0) is 20.2. The lowest BCUT2D eigenvalue weighted by Crippen LogP contribution is -2.31. The lowest BCUT2D eigenvalue weighted by molar-refractivity contribution is -0.124. The minimum atomic E-state index is -3.45. The summed E-state index contributed by atoms with van der Waals surface area (Å²) in [4.78, 5) is 24.3. The average Bonchev–Trinajstić information content (AvgIpc) is 2.59. The Bertz CT molecular complexity index is 955. The Labute approximate surface area is 163 Å². The topological polar surface area (TPSA) is 89.5 Å². The van der Waals surface area contributed by atoms with E-state index in [0.29, 0.717) is 10.6 Å². The highest BCUT2D eigenvalue weighted by Crippen LogP contribution is 2.17. The summed E-state index contributed by atoms with van der Waals surface area (Å²) in [5.74, 6) is -1.23. The second-order valence-electron chi connectivity index (χ2n) is 6.17. The number of aryl methyl sites for hydroxylation is 1. The van der Waals surface area contributed by atoms with E-state index in [1.54, 1.807) is 38.1 Å². The number of hydrogen-bond donors (Lipinski definition) is 1. The molecule has 27 heavy (non-hydrogen) atoms. The summed E-state index contributed by atoms with van der Waals surface area (Å²) in [7, 11) is -3.45. The van der Waals surface area contributed by atoms with Crippen molar-refractivity contribution in [2.24, 2.45) is 0 Å². The Hall–Kier alpha value is -2.38. The van der Waals surface area contributed by atoms with E-state index in [0.717, 1.165) is 11.8 Å². The molecule has 0 aliphatic carbocycles. The molecule has 2 aromatic rings. The number of amides is 1. The van der Waals surface area contributed by atoms with E-state index in [-0.39, 0.29) is 16.5 Å². The van der Waals surface area contributed by atoms with Crippen molar-refractivity contribution in [2.45, 2.75) is 24.8 Å². The first-order valence-corrected chi connectivity index (χ1v) is 10.4. The van der Waals surface area contributed by atoms with Gasteiger partial charge in [-0.3, -0.25) is 4.79 Å². The zero-order valence-corrected chi connectivity index (χ0v) is 16.7. The van der Waals surface area contributed by atoms with Crippen LogP contribution in [0.25, 0.3) is 0 Å². The maximum Gasteiger partial charge on any atom is 0.338 e. The van der Waals surface area contributed by atoms with Gasteiger partial charge in [-0.1, -0.05) is 29.8 Å². The lowest BCUT2D eigenvalue weighted by atomic mass is 10.1. The fourth-order valence-electron chi connectivity index (χ4n) is 2.38. The Kier molecular flexibility index (Phi) is 6.62. The smallest absolute Gasteiger partial charge is 0.338 e. The van der Waals surface area contributed by atoms with Gasteiger partial charge in [-0.2, -0.15) is 0 Å². The molecule has 6 nitrogen and oxygen atoms in total. The Morgan fingerprint density at radius 3 is 2.37 bits per heavy atom. The van der Waals surface area contributed by atoms with Gasteiger partial charge in [-0.15, -0.1) is 0 Å². The number of sulfone groups is 1. The number of rotatable bonds is 6. The van der Waals surface area contributed by atoms with Crippen LogP contribution in [0.5, 0.6) is 0 Å². The molecule has 0 aliphatic heterocycles. The van der Waals surface area contributed by atoms with Crippen LogP contribution in [-0.2, 0) is 19.4 Å². The summed E-state index contributed by atoms with van der Waals surface area (Å²) in [6.07, 6.45) is 1.05. The molecule has 1 N–H and O–H groups in total. The van der Waals surface area contributed by atoms with E-state index in [9.17, 15) is 18.0 Å². The van der Waals surface area contributed by atoms with Crippen LogP contribution in [-0.4, -0.2) is 33.2 Å². The van der Waals surface area contributed by atoms with Gasteiger partial charge in [-0.05, 0) is 49.2 Å². The van der Waals surface area contributed by atoms with Gasteiger partial charge in [0, 0.05) is 11.3 Å². The maximum absolute atomic E-state index is 12.2. The van der Waals surface area contributed by atoms with E-state index in [1.165, 1.54) is 18.2 Å². The number of ether oxygens (including phenoxy) is 1. The molecule has 0 saturated heterocycles. The number of benzene rings is 2. The van der Waals surface area contributed by atoms with Crippen molar-refractivity contribution >= 4 is 33.3 Å². The molecule has 0 aliphatic rings. The van der Waals surface area contributed by atoms with E-state index in [1.807, 2.05) is 0 Å². The summed E-state index contributed by atoms with van der Waals surface area (Å²) in [5.41, 5.74) is 1.52. The van der Waals surface area contributed by atoms with Crippen LogP contribution in [0.2, 0.25) is 5.02 Å². The highest BCUT2D eigenvalue weighted by Gasteiger charge is 2.17. The highest BCUT2D eigenvalue weighted by atomic mass is 35.5. The number of halogens is 1. The van der Waals surface area contributed by atoms with E-state index < -0.39 is 28.3 Å². The molecule has 0 heterocycles. The van der Waals surface area contributed by atoms with Crippen molar-refractivity contribution in [1.29, 1.82) is 0 Å². The first-order valence-electron chi connectivity index (χ1n) is 8.10. The molecule has 2 aromatic carbocycles. The highest BCUT2D eigenvalue weighted by molar-refractivity contribution is 7.90. The average molecular weight is 410 g/mol. The summed E-state index contributed by atoms with van der Waals surface area (Å²) >= 11 is 5.83. The van der Waals surface area contributed by atoms with Crippen molar-refractivity contribution in [3.05, 3.63) is 64.2 Å². The van der Waals surface area contributed by atoms with Crippen LogP contribution in [0.4, 0.5) is 0 Å². The summed E-state index contributed by atoms with van der Waals surface area (Å²) in [6, 6.07) is 10.9. The molecule has 0 spiro atoms. The quantitative estimate of drug-likeness (QED) is 0.740. The van der Waals surface area contributed by atoms with Crippen LogP contribution in [0, 0.1) is 6.92 Å². The van der Waals surface area contributed by atoms with E-state index >= 15 is 0 Å². The van der Waals surface area contributed by atoms with Crippen LogP contribution in [0.3, 0.4) is 0 Å². The molecule has 0 bridgehead atoms. The van der Waals surface area contributed by atoms with Gasteiger partial charge in [0.1, 0.15) is 0 Å². The number of hydrogen-bond acceptors (Lipinski definition) is 5. The normalized spacial score (nSPS) is 12.3. The largest absolute Gasteiger partial charge is 0.452 e. The van der Waals surface area contributed by atoms with Gasteiger partial charge in [0.25, 0.3) is 5.91 Å². The summed E-state index contributed by atoms with van der Waals surface area (Å²) in [5, 5.41) is 3.31. The van der Waals surface area contributed by atoms with Gasteiger partial charge in [0.05, 0.1) is 16.5 Å². The third-order valence-electron chi connectivity index (χ3n) is 3.94. The first-order chi connectivity index (χ1) is 12.6. The molecule has 144 valence electrons. The zero-order valence-electron chi connectivity index (χ0n) is 15.2. The molecule has 1 atom stereocenters. The number of nitrogens with one attached hydrogen (secondary N) is 1. The molecule has 1 amide bonds. The van der Waals surface area contributed by atoms with Crippen molar-refractivity contribution in [3.8, 4) is 0 Å². The second kappa shape index (κ2) is 8.54. The minimum Gasteiger partial charge on any atom is -0.452 e. The van der Waals surface area contributed by atoms with Crippen molar-refractivity contribution in [3.63, 3.8) is 0 Å². The van der Waals surface area contributed by atoms with Crippen molar-refractivity contribution in [2.75, 3.05) is 12.9 Å². The molecular weight excluding hydrogens is 390 g/mol. The van der Waals surface area contributed by atoms with Crippen molar-refractivity contribution < 1.29 is 22.7 Å². The summed E-state index contributed by atoms with van der Waals surface area (Å²) < 4.78 is 28.3. The standard InChI is InChI=1S/C19H20ClNO5S/c1-12-4-9-16(27(3,24)25)10-17(12)19(23)26-11-18(22)21-13(2)14-5-7-15(20)8-6-14/h4-10,13H,11H2,1-3H3,(H,21,22)/t13-/m1/s1. The molecule has 8 heteroatoms. The monoisotopic (exact) mass is 409 g/mol. The van der Waals surface area contributed by atoms with Crippen LogP contribution < -0.4 is 5.32 Å². The predicted octanol–water partition coefficient (Wildman–Crippen LogP) is 3.09. The van der Waals surface area contributed by atoms with Gasteiger partial charge < -0.3 is 10.1 Å². The third kappa shape index (κ3) is 5.80. The van der Waals surface area contributed by atoms with Crippen LogP contribution >= 0.6 is 11.6 Å². The van der Waals surface area contributed by atoms with Gasteiger partial charge in [0.2, 0.25) is 0 Å². The maximum atomic E-state index is 12.2. The van der Waals surface area contributed by atoms with Gasteiger partial charge in [-0.25, -0.2) is 13.2 Å². The Morgan fingerprint density at radius 1 is 1.15 bits per heavy atom. The SMILES string of the molecule is Cc1ccc(S(C)(=O)=O)cc1C(=O)OCC(=O)N[C@H](C)c1ccc(Cl)cc1. The predicted molar refractivity (Wildman–Crippen MR) is 103 cm³/mol. The van der Waals surface area contributed by atoms with Crippen molar-refractivity contribution in [1.82, 2.24) is 5.32 Å². The minimum absolute atomic E-state index is 0.0147. The van der Waals surface area contributed by atoms with E-state index in [4.69, 9.17) is 16.3 Å². The fraction of sp³-hybridized carbons (Fsp3) is 0.263. The Balaban J connectivity index is 1.99. The fourth-order valence-corrected chi connectivity index (χ4v) is 3.15. The first kappa shape index (κ1) is 20.9. The molecule has 0 radical (unpaired) electrons. The number of carbonyl (C=O) groups is 2. The third-order valence-corrected chi connectivity index (χ3v) is 5.30. The Morgan fingerprint density at radius 2 is 1.78 bits per heavy atom. The molecular formula is C19H20ClNO5S.